The zero-order valence-electron chi connectivity index (χ0n) is 14.8. The Labute approximate surface area is 156 Å². The third-order valence-corrected chi connectivity index (χ3v) is 3.74. The molecule has 0 heterocycles. The van der Waals surface area contributed by atoms with Gasteiger partial charge in [-0.25, -0.2) is 8.78 Å². The summed E-state index contributed by atoms with van der Waals surface area (Å²) in [5.74, 6) is -3.02. The molecule has 0 spiro atoms. The van der Waals surface area contributed by atoms with Crippen LogP contribution in [0.1, 0.15) is 18.1 Å². The molecule has 0 atom stereocenters. The van der Waals surface area contributed by atoms with Crippen molar-refractivity contribution in [1.82, 2.24) is 5.32 Å². The Morgan fingerprint density at radius 2 is 1.85 bits per heavy atom. The normalized spacial score (nSPS) is 11.0. The molecule has 1 N–H and O–H groups in total. The molecule has 0 fully saturated rings. The molecule has 2 aromatic carbocycles. The summed E-state index contributed by atoms with van der Waals surface area (Å²) >= 11 is 0. The first-order chi connectivity index (χ1) is 12.9. The van der Waals surface area contributed by atoms with Gasteiger partial charge in [-0.15, -0.1) is 0 Å². The first kappa shape index (κ1) is 20.0. The molecule has 1 amide bonds. The van der Waals surface area contributed by atoms with Crippen LogP contribution in [0, 0.1) is 11.6 Å². The lowest BCUT2D eigenvalue weighted by Crippen LogP contribution is -2.29. The van der Waals surface area contributed by atoms with Gasteiger partial charge >= 0.3 is 0 Å². The summed E-state index contributed by atoms with van der Waals surface area (Å²) in [6.07, 6.45) is 1.33. The minimum atomic E-state index is -0.778. The van der Waals surface area contributed by atoms with E-state index in [1.54, 1.807) is 0 Å². The smallest absolute Gasteiger partial charge is 0.255 e. The number of carbonyl (C=O) groups is 2. The first-order valence-corrected chi connectivity index (χ1v) is 8.21. The van der Waals surface area contributed by atoms with Crippen LogP contribution < -0.4 is 5.32 Å². The molecule has 6 heteroatoms. The number of halogens is 2. The van der Waals surface area contributed by atoms with Crippen LogP contribution in [-0.4, -0.2) is 11.7 Å². The highest BCUT2D eigenvalue weighted by Gasteiger charge is 2.21. The van der Waals surface area contributed by atoms with Gasteiger partial charge in [-0.05, 0) is 18.6 Å². The van der Waals surface area contributed by atoms with E-state index >= 15 is 0 Å². The Morgan fingerprint density at radius 3 is 2.48 bits per heavy atom. The number of allylic oxidation sites excluding steroid dienone is 2. The van der Waals surface area contributed by atoms with Crippen LogP contribution in [0.3, 0.4) is 0 Å². The van der Waals surface area contributed by atoms with Crippen LogP contribution in [-0.2, 0) is 27.5 Å². The van der Waals surface area contributed by atoms with Crippen LogP contribution in [0.25, 0.3) is 0 Å². The van der Waals surface area contributed by atoms with E-state index in [-0.39, 0.29) is 30.0 Å². The van der Waals surface area contributed by atoms with Crippen LogP contribution >= 0.6 is 0 Å². The molecule has 0 aliphatic heterocycles. The molecule has 140 valence electrons. The third-order valence-electron chi connectivity index (χ3n) is 3.74. The van der Waals surface area contributed by atoms with Crippen molar-refractivity contribution in [2.45, 2.75) is 20.1 Å². The number of benzene rings is 2. The average Bonchev–Trinajstić information content (AvgIpc) is 2.66. The molecular formula is C21H19F2NO3. The van der Waals surface area contributed by atoms with Gasteiger partial charge in [0.25, 0.3) is 5.91 Å². The fourth-order valence-electron chi connectivity index (χ4n) is 2.26. The largest absolute Gasteiger partial charge is 0.485 e. The fraction of sp³-hybridized carbons (Fsp3) is 0.143. The molecule has 4 nitrogen and oxygen atoms in total. The Morgan fingerprint density at radius 1 is 1.15 bits per heavy atom. The SMILES string of the molecule is C=C(OCc1ccccc1)C(=O)/C(=C\C)C(=O)NCc1ccc(F)cc1F. The molecule has 0 aliphatic rings. The molecule has 0 saturated carbocycles. The number of ether oxygens (including phenoxy) is 1. The van der Waals surface area contributed by atoms with Gasteiger partial charge in [0, 0.05) is 18.2 Å². The molecule has 0 unspecified atom stereocenters. The standard InChI is InChI=1S/C21H19F2NO3/c1-3-18(20(25)14(2)27-13-15-7-5-4-6-8-15)21(26)24-12-16-9-10-17(22)11-19(16)23/h3-11H,2,12-13H2,1H3,(H,24,26)/b18-3+. The summed E-state index contributed by atoms with van der Waals surface area (Å²) in [7, 11) is 0. The predicted molar refractivity (Wildman–Crippen MR) is 97.3 cm³/mol. The van der Waals surface area contributed by atoms with Crippen LogP contribution in [0.4, 0.5) is 8.78 Å². The Kier molecular flexibility index (Phi) is 7.00. The zero-order valence-corrected chi connectivity index (χ0v) is 14.8. The second-order valence-corrected chi connectivity index (χ2v) is 5.65. The summed E-state index contributed by atoms with van der Waals surface area (Å²) in [4.78, 5) is 24.6. The van der Waals surface area contributed by atoms with Crippen LogP contribution in [0.5, 0.6) is 0 Å². The molecule has 0 saturated heterocycles. The van der Waals surface area contributed by atoms with Crippen molar-refractivity contribution >= 4 is 11.7 Å². The van der Waals surface area contributed by atoms with E-state index in [1.807, 2.05) is 30.3 Å². The van der Waals surface area contributed by atoms with Gasteiger partial charge in [-0.3, -0.25) is 9.59 Å². The van der Waals surface area contributed by atoms with Gasteiger partial charge in [-0.2, -0.15) is 0 Å². The number of ketones is 1. The van der Waals surface area contributed by atoms with Crippen LogP contribution in [0.15, 0.2) is 72.5 Å². The highest BCUT2D eigenvalue weighted by molar-refractivity contribution is 6.24. The predicted octanol–water partition coefficient (Wildman–Crippen LogP) is 3.83. The quantitative estimate of drug-likeness (QED) is 0.332. The van der Waals surface area contributed by atoms with E-state index in [2.05, 4.69) is 11.9 Å². The number of hydrogen-bond acceptors (Lipinski definition) is 3. The summed E-state index contributed by atoms with van der Waals surface area (Å²) in [6, 6.07) is 12.2. The molecule has 0 bridgehead atoms. The highest BCUT2D eigenvalue weighted by Crippen LogP contribution is 2.12. The van der Waals surface area contributed by atoms with Crippen molar-refractivity contribution in [1.29, 1.82) is 0 Å². The maximum atomic E-state index is 13.6. The number of nitrogens with one attached hydrogen (secondary N) is 1. The second kappa shape index (κ2) is 9.43. The number of amides is 1. The Bertz CT molecular complexity index is 876. The van der Waals surface area contributed by atoms with Gasteiger partial charge in [0.05, 0.1) is 5.57 Å². The van der Waals surface area contributed by atoms with Crippen LogP contribution in [0.2, 0.25) is 0 Å². The summed E-state index contributed by atoms with van der Waals surface area (Å²) in [6.45, 7) is 5.05. The maximum absolute atomic E-state index is 13.6. The van der Waals surface area contributed by atoms with E-state index in [0.29, 0.717) is 0 Å². The fourth-order valence-corrected chi connectivity index (χ4v) is 2.26. The third kappa shape index (κ3) is 5.60. The summed E-state index contributed by atoms with van der Waals surface area (Å²) in [5.41, 5.74) is 0.784. The molecule has 2 rings (SSSR count). The molecular weight excluding hydrogens is 352 g/mol. The van der Waals surface area contributed by atoms with Crippen molar-refractivity contribution in [3.63, 3.8) is 0 Å². The van der Waals surface area contributed by atoms with Gasteiger partial charge < -0.3 is 10.1 Å². The lowest BCUT2D eigenvalue weighted by molar-refractivity contribution is -0.122. The Hall–Kier alpha value is -3.28. The van der Waals surface area contributed by atoms with E-state index in [1.165, 1.54) is 19.1 Å². The van der Waals surface area contributed by atoms with E-state index in [9.17, 15) is 18.4 Å². The summed E-state index contributed by atoms with van der Waals surface area (Å²) < 4.78 is 31.9. The van der Waals surface area contributed by atoms with E-state index < -0.39 is 23.3 Å². The zero-order chi connectivity index (χ0) is 19.8. The topological polar surface area (TPSA) is 55.4 Å². The number of hydrogen-bond donors (Lipinski definition) is 1. The lowest BCUT2D eigenvalue weighted by atomic mass is 10.1. The van der Waals surface area contributed by atoms with Gasteiger partial charge in [-0.1, -0.05) is 49.1 Å². The Balaban J connectivity index is 1.94. The van der Waals surface area contributed by atoms with Crippen molar-refractivity contribution < 1.29 is 23.1 Å². The van der Waals surface area contributed by atoms with Gasteiger partial charge in [0.2, 0.25) is 5.78 Å². The first-order valence-electron chi connectivity index (χ1n) is 8.21. The monoisotopic (exact) mass is 371 g/mol. The molecule has 0 aliphatic carbocycles. The van der Waals surface area contributed by atoms with Gasteiger partial charge in [0.1, 0.15) is 18.2 Å². The van der Waals surface area contributed by atoms with Gasteiger partial charge in [0.15, 0.2) is 5.76 Å². The average molecular weight is 371 g/mol. The molecule has 2 aromatic rings. The maximum Gasteiger partial charge on any atom is 0.255 e. The van der Waals surface area contributed by atoms with Crippen molar-refractivity contribution in [2.24, 2.45) is 0 Å². The van der Waals surface area contributed by atoms with Crippen molar-refractivity contribution in [3.8, 4) is 0 Å². The van der Waals surface area contributed by atoms with E-state index in [4.69, 9.17) is 4.74 Å². The second-order valence-electron chi connectivity index (χ2n) is 5.65. The van der Waals surface area contributed by atoms with E-state index in [0.717, 1.165) is 17.7 Å². The number of Topliss-reactive ketones (excluding diaryl/α,β-unsaturated/α-hetero) is 1. The number of rotatable bonds is 8. The van der Waals surface area contributed by atoms with Crippen molar-refractivity contribution in [3.05, 3.63) is 95.3 Å². The molecule has 27 heavy (non-hydrogen) atoms. The lowest BCUT2D eigenvalue weighted by Gasteiger charge is -2.11. The number of carbonyl (C=O) groups excluding carboxylic acids is 2. The highest BCUT2D eigenvalue weighted by atomic mass is 19.1. The minimum Gasteiger partial charge on any atom is -0.485 e. The summed E-state index contributed by atoms with van der Waals surface area (Å²) in [5, 5.41) is 2.43. The minimum absolute atomic E-state index is 0.104. The molecule has 0 radical (unpaired) electrons. The van der Waals surface area contributed by atoms with Crippen molar-refractivity contribution in [2.75, 3.05) is 0 Å². The molecule has 0 aromatic heterocycles.